The van der Waals surface area contributed by atoms with Gasteiger partial charge in [0.05, 0.1) is 5.56 Å². The van der Waals surface area contributed by atoms with E-state index in [2.05, 4.69) is 45.5 Å². The zero-order chi connectivity index (χ0) is 16.8. The molecule has 6 heteroatoms. The van der Waals surface area contributed by atoms with Crippen molar-refractivity contribution in [2.45, 2.75) is 6.42 Å². The van der Waals surface area contributed by atoms with E-state index in [1.54, 1.807) is 6.07 Å². The summed E-state index contributed by atoms with van der Waals surface area (Å²) in [6.45, 7) is 4.64. The first-order chi connectivity index (χ1) is 11.8. The molecule has 3 rings (SSSR count). The summed E-state index contributed by atoms with van der Waals surface area (Å²) in [7, 11) is 0. The number of nitrogens with zero attached hydrogens (tertiary/aromatic N) is 3. The third-order valence-corrected chi connectivity index (χ3v) is 5.02. The Kier molecular flexibility index (Phi) is 5.47. The topological polar surface area (TPSA) is 59.4 Å². The molecule has 24 heavy (non-hydrogen) atoms. The highest BCUT2D eigenvalue weighted by atomic mass is 32.1. The van der Waals surface area contributed by atoms with Gasteiger partial charge in [0.2, 0.25) is 5.91 Å². The molecule has 1 aromatic heterocycles. The number of nitriles is 1. The Balaban J connectivity index is 1.42. The fraction of sp³-hybridized carbons (Fsp3) is 0.333. The van der Waals surface area contributed by atoms with Gasteiger partial charge in [0, 0.05) is 44.8 Å². The Bertz CT molecular complexity index is 714. The van der Waals surface area contributed by atoms with Gasteiger partial charge in [0.15, 0.2) is 0 Å². The summed E-state index contributed by atoms with van der Waals surface area (Å²) in [5, 5.41) is 14.3. The molecule has 0 unspecified atom stereocenters. The zero-order valence-electron chi connectivity index (χ0n) is 13.4. The molecule has 0 saturated carbocycles. The monoisotopic (exact) mass is 340 g/mol. The Morgan fingerprint density at radius 1 is 1.17 bits per heavy atom. The lowest BCUT2D eigenvalue weighted by Gasteiger charge is -2.36. The molecule has 2 heterocycles. The molecule has 2 aromatic rings. The van der Waals surface area contributed by atoms with Crippen LogP contribution in [0.2, 0.25) is 0 Å². The van der Waals surface area contributed by atoms with Gasteiger partial charge in [0.25, 0.3) is 0 Å². The minimum absolute atomic E-state index is 0.0283. The predicted molar refractivity (Wildman–Crippen MR) is 97.4 cm³/mol. The smallest absolute Gasteiger partial charge is 0.226 e. The number of hydrogen-bond donors (Lipinski definition) is 1. The summed E-state index contributed by atoms with van der Waals surface area (Å²) in [5.74, 6) is -0.0283. The van der Waals surface area contributed by atoms with Crippen LogP contribution in [0.25, 0.3) is 0 Å². The molecule has 1 aliphatic rings. The van der Waals surface area contributed by atoms with Crippen LogP contribution in [0.3, 0.4) is 0 Å². The van der Waals surface area contributed by atoms with Gasteiger partial charge in [-0.3, -0.25) is 9.69 Å². The van der Waals surface area contributed by atoms with E-state index in [-0.39, 0.29) is 5.91 Å². The Morgan fingerprint density at radius 2 is 1.92 bits per heavy atom. The van der Waals surface area contributed by atoms with Crippen LogP contribution in [0.15, 0.2) is 41.8 Å². The number of benzene rings is 1. The predicted octanol–water partition coefficient (Wildman–Crippen LogP) is 2.77. The van der Waals surface area contributed by atoms with E-state index >= 15 is 0 Å². The van der Waals surface area contributed by atoms with Crippen molar-refractivity contribution in [3.8, 4) is 6.07 Å². The first-order valence-corrected chi connectivity index (χ1v) is 8.94. The second-order valence-corrected chi connectivity index (χ2v) is 6.65. The van der Waals surface area contributed by atoms with E-state index in [4.69, 9.17) is 5.26 Å². The number of hydrogen-bond acceptors (Lipinski definition) is 5. The van der Waals surface area contributed by atoms with E-state index in [1.165, 1.54) is 17.0 Å². The van der Waals surface area contributed by atoms with Gasteiger partial charge >= 0.3 is 0 Å². The summed E-state index contributed by atoms with van der Waals surface area (Å²) < 4.78 is 0. The van der Waals surface area contributed by atoms with Gasteiger partial charge in [-0.2, -0.15) is 5.26 Å². The highest BCUT2D eigenvalue weighted by molar-refractivity contribution is 7.14. The van der Waals surface area contributed by atoms with Gasteiger partial charge in [-0.25, -0.2) is 0 Å². The van der Waals surface area contributed by atoms with Crippen molar-refractivity contribution in [1.82, 2.24) is 4.90 Å². The van der Waals surface area contributed by atoms with Crippen LogP contribution in [0.5, 0.6) is 0 Å². The lowest BCUT2D eigenvalue weighted by Crippen LogP contribution is -2.47. The SMILES string of the molecule is N#Cc1ccsc1NC(=O)CCN1CCN(c2ccccc2)CC1. The number of rotatable bonds is 5. The van der Waals surface area contributed by atoms with Crippen molar-refractivity contribution in [1.29, 1.82) is 5.26 Å². The van der Waals surface area contributed by atoms with Gasteiger partial charge in [-0.15, -0.1) is 11.3 Å². The largest absolute Gasteiger partial charge is 0.369 e. The second-order valence-electron chi connectivity index (χ2n) is 5.74. The van der Waals surface area contributed by atoms with Crippen LogP contribution in [0.4, 0.5) is 10.7 Å². The van der Waals surface area contributed by atoms with Crippen LogP contribution in [-0.4, -0.2) is 43.5 Å². The van der Waals surface area contributed by atoms with Crippen LogP contribution in [-0.2, 0) is 4.79 Å². The number of piperazine rings is 1. The first kappa shape index (κ1) is 16.5. The molecule has 0 spiro atoms. The fourth-order valence-corrected chi connectivity index (χ4v) is 3.57. The standard InChI is InChI=1S/C18H20N4OS/c19-14-15-7-13-24-18(15)20-17(23)6-8-21-9-11-22(12-10-21)16-4-2-1-3-5-16/h1-5,7,13H,6,8-12H2,(H,20,23). The van der Waals surface area contributed by atoms with Crippen LogP contribution in [0, 0.1) is 11.3 Å². The molecule has 1 aromatic carbocycles. The van der Waals surface area contributed by atoms with Gasteiger partial charge in [-0.1, -0.05) is 18.2 Å². The first-order valence-electron chi connectivity index (χ1n) is 8.06. The van der Waals surface area contributed by atoms with Crippen molar-refractivity contribution in [3.05, 3.63) is 47.3 Å². The second kappa shape index (κ2) is 7.95. The van der Waals surface area contributed by atoms with Crippen molar-refractivity contribution in [2.24, 2.45) is 0 Å². The summed E-state index contributed by atoms with van der Waals surface area (Å²) >= 11 is 1.39. The summed E-state index contributed by atoms with van der Waals surface area (Å²) in [4.78, 5) is 16.8. The highest BCUT2D eigenvalue weighted by Crippen LogP contribution is 2.22. The third kappa shape index (κ3) is 4.13. The molecular formula is C18H20N4OS. The van der Waals surface area contributed by atoms with Crippen molar-refractivity contribution in [2.75, 3.05) is 42.9 Å². The molecule has 1 aliphatic heterocycles. The fourth-order valence-electron chi connectivity index (χ4n) is 2.81. The van der Waals surface area contributed by atoms with Gasteiger partial charge in [0.1, 0.15) is 11.1 Å². The molecule has 1 N–H and O–H groups in total. The van der Waals surface area contributed by atoms with E-state index in [1.807, 2.05) is 11.4 Å². The molecule has 0 bridgehead atoms. The highest BCUT2D eigenvalue weighted by Gasteiger charge is 2.18. The Labute approximate surface area is 146 Å². The average Bonchev–Trinajstić information content (AvgIpc) is 3.08. The molecule has 1 saturated heterocycles. The Morgan fingerprint density at radius 3 is 2.62 bits per heavy atom. The maximum atomic E-state index is 12.1. The lowest BCUT2D eigenvalue weighted by molar-refractivity contribution is -0.116. The number of carbonyl (C=O) groups is 1. The van der Waals surface area contributed by atoms with Crippen molar-refractivity contribution >= 4 is 27.9 Å². The summed E-state index contributed by atoms with van der Waals surface area (Å²) in [5.41, 5.74) is 1.79. The van der Waals surface area contributed by atoms with Crippen LogP contribution in [0.1, 0.15) is 12.0 Å². The third-order valence-electron chi connectivity index (χ3n) is 4.19. The molecule has 5 nitrogen and oxygen atoms in total. The van der Waals surface area contributed by atoms with E-state index in [9.17, 15) is 4.79 Å². The minimum atomic E-state index is -0.0283. The van der Waals surface area contributed by atoms with Gasteiger partial charge in [-0.05, 0) is 23.6 Å². The van der Waals surface area contributed by atoms with E-state index in [0.29, 0.717) is 17.0 Å². The van der Waals surface area contributed by atoms with Crippen molar-refractivity contribution < 1.29 is 4.79 Å². The number of amides is 1. The Hall–Kier alpha value is -2.36. The van der Waals surface area contributed by atoms with Crippen LogP contribution < -0.4 is 10.2 Å². The maximum Gasteiger partial charge on any atom is 0.226 e. The van der Waals surface area contributed by atoms with E-state index in [0.717, 1.165) is 32.7 Å². The lowest BCUT2D eigenvalue weighted by atomic mass is 10.2. The quantitative estimate of drug-likeness (QED) is 0.909. The van der Waals surface area contributed by atoms with Crippen molar-refractivity contribution in [3.63, 3.8) is 0 Å². The molecule has 1 amide bonds. The number of anilines is 2. The molecule has 0 radical (unpaired) electrons. The summed E-state index contributed by atoms with van der Waals surface area (Å²) in [6.07, 6.45) is 0.452. The number of nitrogens with one attached hydrogen (secondary N) is 1. The molecule has 0 aliphatic carbocycles. The molecule has 124 valence electrons. The normalized spacial score (nSPS) is 15.0. The number of carbonyl (C=O) groups excluding carboxylic acids is 1. The maximum absolute atomic E-state index is 12.1. The number of para-hydroxylation sites is 1. The minimum Gasteiger partial charge on any atom is -0.369 e. The van der Waals surface area contributed by atoms with Crippen LogP contribution >= 0.6 is 11.3 Å². The summed E-state index contributed by atoms with van der Waals surface area (Å²) in [6, 6.07) is 14.2. The zero-order valence-corrected chi connectivity index (χ0v) is 14.3. The molecule has 0 atom stereocenters. The van der Waals surface area contributed by atoms with E-state index < -0.39 is 0 Å². The number of thiophene rings is 1. The molecule has 1 fully saturated rings. The molecular weight excluding hydrogens is 320 g/mol. The average molecular weight is 340 g/mol. The van der Waals surface area contributed by atoms with Gasteiger partial charge < -0.3 is 10.2 Å².